The number of carboxylic acid groups (broad SMARTS) is 1. The molecular formula is C17H18N2O4. The van der Waals surface area contributed by atoms with Crippen LogP contribution in [0, 0.1) is 0 Å². The molecule has 1 aliphatic heterocycles. The highest BCUT2D eigenvalue weighted by Gasteiger charge is 2.21. The van der Waals surface area contributed by atoms with Crippen molar-refractivity contribution in [1.29, 1.82) is 0 Å². The molecule has 6 heteroatoms. The minimum absolute atomic E-state index is 0.211. The summed E-state index contributed by atoms with van der Waals surface area (Å²) < 4.78 is 11.0. The van der Waals surface area contributed by atoms with Crippen molar-refractivity contribution in [2.45, 2.75) is 13.1 Å². The van der Waals surface area contributed by atoms with E-state index in [2.05, 4.69) is 9.88 Å². The van der Waals surface area contributed by atoms with Crippen LogP contribution in [0.4, 0.5) is 0 Å². The summed E-state index contributed by atoms with van der Waals surface area (Å²) in [5, 5.41) is 9.28. The van der Waals surface area contributed by atoms with Crippen LogP contribution in [0.2, 0.25) is 0 Å². The second kappa shape index (κ2) is 6.66. The van der Waals surface area contributed by atoms with E-state index in [0.717, 1.165) is 11.1 Å². The first kappa shape index (κ1) is 15.3. The van der Waals surface area contributed by atoms with Crippen LogP contribution in [0.15, 0.2) is 36.5 Å². The molecule has 1 aromatic carbocycles. The highest BCUT2D eigenvalue weighted by molar-refractivity contribution is 5.91. The third-order valence-electron chi connectivity index (χ3n) is 3.81. The molecule has 1 aliphatic rings. The molecule has 0 aliphatic carbocycles. The van der Waals surface area contributed by atoms with Gasteiger partial charge in [0.1, 0.15) is 17.9 Å². The van der Waals surface area contributed by atoms with Crippen molar-refractivity contribution in [3.8, 4) is 11.6 Å². The molecule has 1 N–H and O–H groups in total. The van der Waals surface area contributed by atoms with Crippen LogP contribution < -0.4 is 9.47 Å². The summed E-state index contributed by atoms with van der Waals surface area (Å²) in [5.41, 5.74) is 2.08. The van der Waals surface area contributed by atoms with Crippen molar-refractivity contribution < 1.29 is 19.4 Å². The third-order valence-corrected chi connectivity index (χ3v) is 3.81. The van der Waals surface area contributed by atoms with Gasteiger partial charge in [-0.1, -0.05) is 18.2 Å². The van der Waals surface area contributed by atoms with Gasteiger partial charge < -0.3 is 14.6 Å². The van der Waals surface area contributed by atoms with Crippen LogP contribution in [0.5, 0.6) is 11.6 Å². The van der Waals surface area contributed by atoms with Crippen LogP contribution in [-0.4, -0.2) is 41.2 Å². The molecule has 0 unspecified atom stereocenters. The van der Waals surface area contributed by atoms with Crippen LogP contribution >= 0.6 is 0 Å². The zero-order chi connectivity index (χ0) is 16.2. The van der Waals surface area contributed by atoms with E-state index >= 15 is 0 Å². The summed E-state index contributed by atoms with van der Waals surface area (Å²) in [6, 6.07) is 9.08. The van der Waals surface area contributed by atoms with E-state index in [-0.39, 0.29) is 5.56 Å². The lowest BCUT2D eigenvalue weighted by molar-refractivity contribution is 0.0692. The number of ether oxygens (including phenoxy) is 2. The fourth-order valence-corrected chi connectivity index (χ4v) is 2.75. The fraction of sp³-hybridized carbons (Fsp3) is 0.294. The number of pyridine rings is 1. The van der Waals surface area contributed by atoms with Crippen LogP contribution in [0.1, 0.15) is 21.5 Å². The zero-order valence-electron chi connectivity index (χ0n) is 12.9. The Kier molecular flexibility index (Phi) is 4.43. The van der Waals surface area contributed by atoms with E-state index in [1.165, 1.54) is 0 Å². The van der Waals surface area contributed by atoms with E-state index in [9.17, 15) is 9.90 Å². The Morgan fingerprint density at radius 1 is 1.39 bits per heavy atom. The molecule has 0 saturated carbocycles. The van der Waals surface area contributed by atoms with E-state index in [1.54, 1.807) is 25.4 Å². The maximum Gasteiger partial charge on any atom is 0.339 e. The van der Waals surface area contributed by atoms with Gasteiger partial charge in [-0.2, -0.15) is 0 Å². The molecule has 120 valence electrons. The van der Waals surface area contributed by atoms with Crippen molar-refractivity contribution in [3.05, 3.63) is 53.2 Å². The molecule has 0 radical (unpaired) electrons. The summed E-state index contributed by atoms with van der Waals surface area (Å²) in [7, 11) is 1.60. The zero-order valence-corrected chi connectivity index (χ0v) is 12.9. The molecule has 1 aromatic heterocycles. The lowest BCUT2D eigenvalue weighted by Gasteiger charge is -2.20. The van der Waals surface area contributed by atoms with Crippen molar-refractivity contribution in [1.82, 2.24) is 9.88 Å². The predicted octanol–water partition coefficient (Wildman–Crippen LogP) is 2.18. The fourth-order valence-electron chi connectivity index (χ4n) is 2.75. The molecule has 6 nitrogen and oxygen atoms in total. The number of aromatic nitrogens is 1. The second-order valence-electron chi connectivity index (χ2n) is 5.33. The smallest absolute Gasteiger partial charge is 0.339 e. The number of hydrogen-bond donors (Lipinski definition) is 1. The van der Waals surface area contributed by atoms with Gasteiger partial charge in [0.25, 0.3) is 0 Å². The Morgan fingerprint density at radius 3 is 3.04 bits per heavy atom. The van der Waals surface area contributed by atoms with E-state index in [1.807, 2.05) is 18.2 Å². The van der Waals surface area contributed by atoms with E-state index in [4.69, 9.17) is 9.47 Å². The third kappa shape index (κ3) is 3.27. The van der Waals surface area contributed by atoms with E-state index in [0.29, 0.717) is 37.9 Å². The standard InChI is InChI=1S/C17H18N2O4/c1-22-16-13(5-3-7-18-16)11-19-8-9-23-15-12(10-19)4-2-6-14(15)17(20)21/h2-7H,8-11H2,1H3,(H,20,21). The SMILES string of the molecule is COc1ncccc1CN1CCOc2c(cccc2C(=O)O)C1. The van der Waals surface area contributed by atoms with Gasteiger partial charge in [-0.25, -0.2) is 9.78 Å². The minimum atomic E-state index is -0.968. The highest BCUT2D eigenvalue weighted by atomic mass is 16.5. The number of hydrogen-bond acceptors (Lipinski definition) is 5. The van der Waals surface area contributed by atoms with Gasteiger partial charge in [0.05, 0.1) is 7.11 Å². The average molecular weight is 314 g/mol. The number of fused-ring (bicyclic) bond motifs is 1. The summed E-state index contributed by atoms with van der Waals surface area (Å²) in [6.07, 6.45) is 1.70. The average Bonchev–Trinajstić information content (AvgIpc) is 2.76. The summed E-state index contributed by atoms with van der Waals surface area (Å²) >= 11 is 0. The molecular weight excluding hydrogens is 296 g/mol. The molecule has 0 spiro atoms. The lowest BCUT2D eigenvalue weighted by Crippen LogP contribution is -2.25. The summed E-state index contributed by atoms with van der Waals surface area (Å²) in [5.74, 6) is 0.113. The molecule has 2 aromatic rings. The molecule has 0 atom stereocenters. The van der Waals surface area contributed by atoms with Gasteiger partial charge in [-0.3, -0.25) is 4.90 Å². The first-order chi connectivity index (χ1) is 11.2. The Morgan fingerprint density at radius 2 is 2.26 bits per heavy atom. The molecule has 23 heavy (non-hydrogen) atoms. The molecule has 0 saturated heterocycles. The summed E-state index contributed by atoms with van der Waals surface area (Å²) in [6.45, 7) is 2.43. The van der Waals surface area contributed by atoms with Gasteiger partial charge in [0.15, 0.2) is 0 Å². The Labute approximate surface area is 134 Å². The number of nitrogens with zero attached hydrogens (tertiary/aromatic N) is 2. The Balaban J connectivity index is 1.84. The minimum Gasteiger partial charge on any atom is -0.491 e. The maximum atomic E-state index is 11.3. The number of carbonyl (C=O) groups is 1. The van der Waals surface area contributed by atoms with Crippen molar-refractivity contribution in [3.63, 3.8) is 0 Å². The quantitative estimate of drug-likeness (QED) is 0.932. The predicted molar refractivity (Wildman–Crippen MR) is 83.8 cm³/mol. The number of benzene rings is 1. The van der Waals surface area contributed by atoms with Crippen molar-refractivity contribution in [2.75, 3.05) is 20.3 Å². The second-order valence-corrected chi connectivity index (χ2v) is 5.33. The van der Waals surface area contributed by atoms with Crippen LogP contribution in [0.3, 0.4) is 0 Å². The van der Waals surface area contributed by atoms with Crippen molar-refractivity contribution >= 4 is 5.97 Å². The Hall–Kier alpha value is -2.60. The monoisotopic (exact) mass is 314 g/mol. The number of rotatable bonds is 4. The summed E-state index contributed by atoms with van der Waals surface area (Å²) in [4.78, 5) is 17.7. The lowest BCUT2D eigenvalue weighted by atomic mass is 10.1. The number of para-hydroxylation sites is 1. The molecule has 0 amide bonds. The normalized spacial score (nSPS) is 14.5. The Bertz CT molecular complexity index is 717. The number of aromatic carboxylic acids is 1. The van der Waals surface area contributed by atoms with Crippen LogP contribution in [-0.2, 0) is 13.1 Å². The van der Waals surface area contributed by atoms with Gasteiger partial charge in [-0.05, 0) is 12.1 Å². The van der Waals surface area contributed by atoms with Gasteiger partial charge in [0, 0.05) is 37.0 Å². The van der Waals surface area contributed by atoms with Gasteiger partial charge in [-0.15, -0.1) is 0 Å². The number of methoxy groups -OCH3 is 1. The highest BCUT2D eigenvalue weighted by Crippen LogP contribution is 2.28. The van der Waals surface area contributed by atoms with Crippen LogP contribution in [0.25, 0.3) is 0 Å². The molecule has 3 rings (SSSR count). The maximum absolute atomic E-state index is 11.3. The molecule has 0 fully saturated rings. The molecule has 2 heterocycles. The molecule has 0 bridgehead atoms. The largest absolute Gasteiger partial charge is 0.491 e. The first-order valence-electron chi connectivity index (χ1n) is 7.37. The van der Waals surface area contributed by atoms with Crippen molar-refractivity contribution in [2.24, 2.45) is 0 Å². The van der Waals surface area contributed by atoms with Gasteiger partial charge >= 0.3 is 5.97 Å². The van der Waals surface area contributed by atoms with Gasteiger partial charge in [0.2, 0.25) is 5.88 Å². The van der Waals surface area contributed by atoms with E-state index < -0.39 is 5.97 Å². The topological polar surface area (TPSA) is 71.9 Å². The first-order valence-corrected chi connectivity index (χ1v) is 7.37. The number of carboxylic acids is 1.